The Labute approximate surface area is 130 Å². The third-order valence-corrected chi connectivity index (χ3v) is 3.68. The van der Waals surface area contributed by atoms with E-state index < -0.39 is 0 Å². The van der Waals surface area contributed by atoms with E-state index in [0.29, 0.717) is 13.0 Å². The lowest BCUT2D eigenvalue weighted by Crippen LogP contribution is -2.30. The quantitative estimate of drug-likeness (QED) is 0.718. The highest BCUT2D eigenvalue weighted by molar-refractivity contribution is 5.83. The van der Waals surface area contributed by atoms with Gasteiger partial charge in [0.2, 0.25) is 5.91 Å². The molecule has 0 aliphatic rings. The Morgan fingerprint density at radius 3 is 2.45 bits per heavy atom. The molecule has 116 valence electrons. The van der Waals surface area contributed by atoms with E-state index in [1.54, 1.807) is 6.07 Å². The van der Waals surface area contributed by atoms with Gasteiger partial charge in [0.25, 0.3) is 0 Å². The monoisotopic (exact) mass is 299 g/mol. The van der Waals surface area contributed by atoms with Crippen molar-refractivity contribution in [3.8, 4) is 11.5 Å². The van der Waals surface area contributed by atoms with Crippen molar-refractivity contribution in [2.75, 3.05) is 6.54 Å². The molecule has 2 rings (SSSR count). The van der Waals surface area contributed by atoms with Gasteiger partial charge in [0.15, 0.2) is 11.5 Å². The second kappa shape index (κ2) is 7.50. The van der Waals surface area contributed by atoms with Crippen molar-refractivity contribution in [1.82, 2.24) is 5.32 Å². The van der Waals surface area contributed by atoms with Gasteiger partial charge in [-0.05, 0) is 36.1 Å². The van der Waals surface area contributed by atoms with E-state index in [-0.39, 0.29) is 23.3 Å². The van der Waals surface area contributed by atoms with E-state index >= 15 is 0 Å². The maximum Gasteiger partial charge on any atom is 0.227 e. The first-order chi connectivity index (χ1) is 10.6. The first-order valence-electron chi connectivity index (χ1n) is 7.45. The summed E-state index contributed by atoms with van der Waals surface area (Å²) in [5.41, 5.74) is 1.88. The number of phenols is 2. The van der Waals surface area contributed by atoms with Crippen molar-refractivity contribution in [1.29, 1.82) is 0 Å². The third kappa shape index (κ3) is 4.01. The predicted octanol–water partition coefficient (Wildman–Crippen LogP) is 2.95. The van der Waals surface area contributed by atoms with Gasteiger partial charge < -0.3 is 15.5 Å². The van der Waals surface area contributed by atoms with Crippen LogP contribution in [0.2, 0.25) is 0 Å². The zero-order valence-corrected chi connectivity index (χ0v) is 12.6. The molecule has 0 aromatic heterocycles. The molecule has 0 aliphatic heterocycles. The first kappa shape index (κ1) is 15.9. The zero-order valence-electron chi connectivity index (χ0n) is 12.6. The largest absolute Gasteiger partial charge is 0.504 e. The minimum atomic E-state index is -0.144. The van der Waals surface area contributed by atoms with E-state index in [9.17, 15) is 15.0 Å². The van der Waals surface area contributed by atoms with Crippen LogP contribution >= 0.6 is 0 Å². The lowest BCUT2D eigenvalue weighted by atomic mass is 9.95. The fourth-order valence-electron chi connectivity index (χ4n) is 2.44. The molecule has 1 unspecified atom stereocenters. The first-order valence-corrected chi connectivity index (χ1v) is 7.45. The molecule has 0 aliphatic carbocycles. The van der Waals surface area contributed by atoms with Gasteiger partial charge in [-0.3, -0.25) is 4.79 Å². The minimum absolute atomic E-state index is 0.0108. The standard InChI is InChI=1S/C18H21NO3/c1-2-15(14-6-4-3-5-7-14)18(22)19-11-10-13-8-9-16(20)17(21)12-13/h3-9,12,15,20-21H,2,10-11H2,1H3,(H,19,22). The Balaban J connectivity index is 1.90. The summed E-state index contributed by atoms with van der Waals surface area (Å²) in [6, 6.07) is 14.4. The lowest BCUT2D eigenvalue weighted by molar-refractivity contribution is -0.122. The number of aromatic hydroxyl groups is 2. The van der Waals surface area contributed by atoms with E-state index in [1.807, 2.05) is 37.3 Å². The fraction of sp³-hybridized carbons (Fsp3) is 0.278. The van der Waals surface area contributed by atoms with Gasteiger partial charge in [-0.2, -0.15) is 0 Å². The molecule has 4 nitrogen and oxygen atoms in total. The average molecular weight is 299 g/mol. The number of nitrogens with one attached hydrogen (secondary N) is 1. The number of rotatable bonds is 6. The van der Waals surface area contributed by atoms with Gasteiger partial charge >= 0.3 is 0 Å². The molecule has 0 saturated carbocycles. The summed E-state index contributed by atoms with van der Waals surface area (Å²) >= 11 is 0. The summed E-state index contributed by atoms with van der Waals surface area (Å²) in [5, 5.41) is 21.6. The van der Waals surface area contributed by atoms with Crippen molar-refractivity contribution in [2.45, 2.75) is 25.7 Å². The van der Waals surface area contributed by atoms with Crippen LogP contribution in [0.1, 0.15) is 30.4 Å². The van der Waals surface area contributed by atoms with E-state index in [4.69, 9.17) is 0 Å². The maximum atomic E-state index is 12.3. The molecule has 2 aromatic rings. The van der Waals surface area contributed by atoms with E-state index in [0.717, 1.165) is 17.5 Å². The number of hydrogen-bond acceptors (Lipinski definition) is 3. The highest BCUT2D eigenvalue weighted by Gasteiger charge is 2.17. The molecular formula is C18H21NO3. The molecule has 0 saturated heterocycles. The second-order valence-electron chi connectivity index (χ2n) is 5.24. The van der Waals surface area contributed by atoms with Crippen LogP contribution in [0.4, 0.5) is 0 Å². The molecule has 0 heterocycles. The van der Waals surface area contributed by atoms with Crippen LogP contribution in [-0.2, 0) is 11.2 Å². The SMILES string of the molecule is CCC(C(=O)NCCc1ccc(O)c(O)c1)c1ccccc1. The maximum absolute atomic E-state index is 12.3. The summed E-state index contributed by atoms with van der Waals surface area (Å²) in [7, 11) is 0. The Kier molecular flexibility index (Phi) is 5.42. The van der Waals surface area contributed by atoms with Gasteiger partial charge in [-0.15, -0.1) is 0 Å². The molecule has 2 aromatic carbocycles. The molecule has 0 fully saturated rings. The van der Waals surface area contributed by atoms with Gasteiger partial charge in [-0.1, -0.05) is 43.3 Å². The molecule has 0 spiro atoms. The molecule has 1 amide bonds. The van der Waals surface area contributed by atoms with Gasteiger partial charge in [0.05, 0.1) is 5.92 Å². The van der Waals surface area contributed by atoms with Crippen molar-refractivity contribution in [2.24, 2.45) is 0 Å². The van der Waals surface area contributed by atoms with Crippen LogP contribution in [0, 0.1) is 0 Å². The second-order valence-corrected chi connectivity index (χ2v) is 5.24. The van der Waals surface area contributed by atoms with Crippen LogP contribution < -0.4 is 5.32 Å². The molecular weight excluding hydrogens is 278 g/mol. The highest BCUT2D eigenvalue weighted by atomic mass is 16.3. The molecule has 3 N–H and O–H groups in total. The van der Waals surface area contributed by atoms with Gasteiger partial charge in [-0.25, -0.2) is 0 Å². The van der Waals surface area contributed by atoms with Gasteiger partial charge in [0.1, 0.15) is 0 Å². The number of hydrogen-bond donors (Lipinski definition) is 3. The number of benzene rings is 2. The zero-order chi connectivity index (χ0) is 15.9. The third-order valence-electron chi connectivity index (χ3n) is 3.68. The summed E-state index contributed by atoms with van der Waals surface area (Å²) in [4.78, 5) is 12.3. The normalized spacial score (nSPS) is 11.9. The van der Waals surface area contributed by atoms with Crippen LogP contribution in [0.25, 0.3) is 0 Å². The number of carbonyl (C=O) groups excluding carboxylic acids is 1. The Morgan fingerprint density at radius 1 is 1.09 bits per heavy atom. The smallest absolute Gasteiger partial charge is 0.227 e. The van der Waals surface area contributed by atoms with E-state index in [2.05, 4.69) is 5.32 Å². The van der Waals surface area contributed by atoms with Crippen molar-refractivity contribution in [3.05, 3.63) is 59.7 Å². The van der Waals surface area contributed by atoms with Crippen LogP contribution in [0.5, 0.6) is 11.5 Å². The van der Waals surface area contributed by atoms with E-state index in [1.165, 1.54) is 12.1 Å². The number of carbonyl (C=O) groups is 1. The molecule has 0 radical (unpaired) electrons. The van der Waals surface area contributed by atoms with Gasteiger partial charge in [0, 0.05) is 6.54 Å². The van der Waals surface area contributed by atoms with Crippen molar-refractivity contribution >= 4 is 5.91 Å². The van der Waals surface area contributed by atoms with Crippen LogP contribution in [-0.4, -0.2) is 22.7 Å². The molecule has 22 heavy (non-hydrogen) atoms. The number of amides is 1. The summed E-state index contributed by atoms with van der Waals surface area (Å²) < 4.78 is 0. The Bertz CT molecular complexity index is 625. The Hall–Kier alpha value is -2.49. The molecule has 4 heteroatoms. The van der Waals surface area contributed by atoms with Crippen molar-refractivity contribution in [3.63, 3.8) is 0 Å². The lowest BCUT2D eigenvalue weighted by Gasteiger charge is -2.15. The minimum Gasteiger partial charge on any atom is -0.504 e. The summed E-state index contributed by atoms with van der Waals surface area (Å²) in [5.74, 6) is -0.409. The average Bonchev–Trinajstić information content (AvgIpc) is 2.52. The summed E-state index contributed by atoms with van der Waals surface area (Å²) in [6.07, 6.45) is 1.35. The van der Waals surface area contributed by atoms with Crippen LogP contribution in [0.3, 0.4) is 0 Å². The molecule has 1 atom stereocenters. The topological polar surface area (TPSA) is 69.6 Å². The van der Waals surface area contributed by atoms with Crippen LogP contribution in [0.15, 0.2) is 48.5 Å². The Morgan fingerprint density at radius 2 is 1.82 bits per heavy atom. The summed E-state index contributed by atoms with van der Waals surface area (Å²) in [6.45, 7) is 2.49. The highest BCUT2D eigenvalue weighted by Crippen LogP contribution is 2.25. The molecule has 0 bridgehead atoms. The van der Waals surface area contributed by atoms with Crippen molar-refractivity contribution < 1.29 is 15.0 Å². The fourth-order valence-corrected chi connectivity index (χ4v) is 2.44. The number of phenolic OH excluding ortho intramolecular Hbond substituents is 2. The predicted molar refractivity (Wildman–Crippen MR) is 86.0 cm³/mol.